The second-order valence-electron chi connectivity index (χ2n) is 5.34. The van der Waals surface area contributed by atoms with Crippen LogP contribution in [0, 0.1) is 19.7 Å². The second-order valence-corrected chi connectivity index (χ2v) is 5.34. The van der Waals surface area contributed by atoms with Gasteiger partial charge in [-0.2, -0.15) is 0 Å². The molecule has 0 saturated heterocycles. The largest absolute Gasteiger partial charge is 0.330 e. The normalized spacial score (nSPS) is 11.2. The molecule has 21 heavy (non-hydrogen) atoms. The van der Waals surface area contributed by atoms with Crippen molar-refractivity contribution < 1.29 is 4.39 Å². The third-order valence-electron chi connectivity index (χ3n) is 3.68. The Morgan fingerprint density at radius 2 is 2.00 bits per heavy atom. The summed E-state index contributed by atoms with van der Waals surface area (Å²) in [5.41, 5.74) is 11.3. The highest BCUT2D eigenvalue weighted by atomic mass is 19.1. The van der Waals surface area contributed by atoms with Crippen LogP contribution in [-0.2, 0) is 6.42 Å². The minimum atomic E-state index is -0.196. The average Bonchev–Trinajstić information content (AvgIpc) is 2.81. The van der Waals surface area contributed by atoms with Gasteiger partial charge in [0.05, 0.1) is 11.4 Å². The maximum absolute atomic E-state index is 13.5. The van der Waals surface area contributed by atoms with Gasteiger partial charge >= 0.3 is 0 Å². The zero-order chi connectivity index (χ0) is 15.0. The quantitative estimate of drug-likeness (QED) is 0.801. The Morgan fingerprint density at radius 1 is 1.19 bits per heavy atom. The predicted molar refractivity (Wildman–Crippen MR) is 82.8 cm³/mol. The maximum atomic E-state index is 13.5. The van der Waals surface area contributed by atoms with E-state index in [0.717, 1.165) is 29.0 Å². The topological polar surface area (TPSA) is 43.3 Å². The molecule has 108 valence electrons. The summed E-state index contributed by atoms with van der Waals surface area (Å²) < 4.78 is 15.6. The lowest BCUT2D eigenvalue weighted by Crippen LogP contribution is -2.06. The number of aromatic nitrogens is 2. The summed E-state index contributed by atoms with van der Waals surface area (Å²) in [7, 11) is 0. The molecule has 2 N–H and O–H groups in total. The van der Waals surface area contributed by atoms with Crippen LogP contribution in [0.3, 0.4) is 0 Å². The van der Waals surface area contributed by atoms with Crippen LogP contribution in [0.15, 0.2) is 36.5 Å². The van der Waals surface area contributed by atoms with Crippen molar-refractivity contribution in [3.8, 4) is 11.3 Å². The first-order valence-electron chi connectivity index (χ1n) is 7.04. The van der Waals surface area contributed by atoms with E-state index >= 15 is 0 Å². The van der Waals surface area contributed by atoms with E-state index in [0.29, 0.717) is 12.1 Å². The van der Waals surface area contributed by atoms with Gasteiger partial charge in [0.1, 0.15) is 11.5 Å². The molecule has 2 heterocycles. The Hall–Kier alpha value is -2.20. The molecule has 0 spiro atoms. The Balaban J connectivity index is 2.25. The van der Waals surface area contributed by atoms with E-state index in [9.17, 15) is 4.39 Å². The van der Waals surface area contributed by atoms with Crippen molar-refractivity contribution in [1.29, 1.82) is 0 Å². The summed E-state index contributed by atoms with van der Waals surface area (Å²) in [5, 5.41) is 0. The fourth-order valence-electron chi connectivity index (χ4n) is 2.60. The fourth-order valence-corrected chi connectivity index (χ4v) is 2.60. The van der Waals surface area contributed by atoms with E-state index in [2.05, 4.69) is 10.6 Å². The highest BCUT2D eigenvalue weighted by Gasteiger charge is 2.14. The van der Waals surface area contributed by atoms with Gasteiger partial charge in [-0.25, -0.2) is 9.37 Å². The fraction of sp³-hybridized carbons (Fsp3) is 0.235. The molecule has 3 rings (SSSR count). The standard InChI is InChI=1S/C17H18FN3/c1-11-3-6-16-20-17(15(7-8-19)21(16)10-11)13-4-5-14(18)12(2)9-13/h3-6,9-10H,7-8,19H2,1-2H3. The number of fused-ring (bicyclic) bond motifs is 1. The third-order valence-corrected chi connectivity index (χ3v) is 3.68. The molecule has 0 unspecified atom stereocenters. The van der Waals surface area contributed by atoms with Crippen LogP contribution >= 0.6 is 0 Å². The van der Waals surface area contributed by atoms with Crippen molar-refractivity contribution >= 4 is 5.65 Å². The van der Waals surface area contributed by atoms with Crippen LogP contribution in [0.25, 0.3) is 16.9 Å². The monoisotopic (exact) mass is 283 g/mol. The smallest absolute Gasteiger partial charge is 0.137 e. The zero-order valence-corrected chi connectivity index (χ0v) is 12.2. The van der Waals surface area contributed by atoms with Gasteiger partial charge in [0.25, 0.3) is 0 Å². The lowest BCUT2D eigenvalue weighted by molar-refractivity contribution is 0.618. The molecule has 4 heteroatoms. The van der Waals surface area contributed by atoms with E-state index in [1.54, 1.807) is 13.0 Å². The first kappa shape index (κ1) is 13.8. The van der Waals surface area contributed by atoms with Crippen LogP contribution in [0.5, 0.6) is 0 Å². The molecule has 0 aliphatic rings. The molecular weight excluding hydrogens is 265 g/mol. The number of hydrogen-bond acceptors (Lipinski definition) is 2. The summed E-state index contributed by atoms with van der Waals surface area (Å²) in [6, 6.07) is 9.14. The number of rotatable bonds is 3. The SMILES string of the molecule is Cc1ccc2nc(-c3ccc(F)c(C)c3)c(CCN)n2c1. The molecule has 2 aromatic heterocycles. The molecule has 0 atom stereocenters. The number of nitrogens with two attached hydrogens (primary N) is 1. The molecule has 3 aromatic rings. The van der Waals surface area contributed by atoms with Crippen molar-refractivity contribution in [3.05, 3.63) is 59.2 Å². The summed E-state index contributed by atoms with van der Waals surface area (Å²) in [4.78, 5) is 4.70. The summed E-state index contributed by atoms with van der Waals surface area (Å²) in [6.45, 7) is 4.36. The van der Waals surface area contributed by atoms with Gasteiger partial charge in [-0.05, 0) is 55.8 Å². The lowest BCUT2D eigenvalue weighted by atomic mass is 10.1. The van der Waals surface area contributed by atoms with Crippen molar-refractivity contribution in [1.82, 2.24) is 9.38 Å². The Labute approximate surface area is 123 Å². The molecule has 1 aromatic carbocycles. The third kappa shape index (κ3) is 2.43. The Kier molecular flexibility index (Phi) is 3.47. The van der Waals surface area contributed by atoms with E-state index in [-0.39, 0.29) is 5.82 Å². The van der Waals surface area contributed by atoms with E-state index in [1.807, 2.05) is 25.1 Å². The van der Waals surface area contributed by atoms with Crippen molar-refractivity contribution in [2.75, 3.05) is 6.54 Å². The number of pyridine rings is 1. The molecule has 0 amide bonds. The predicted octanol–water partition coefficient (Wildman–Crippen LogP) is 3.26. The van der Waals surface area contributed by atoms with Gasteiger partial charge in [0.2, 0.25) is 0 Å². The van der Waals surface area contributed by atoms with Crippen LogP contribution in [0.1, 0.15) is 16.8 Å². The average molecular weight is 283 g/mol. The minimum absolute atomic E-state index is 0.196. The van der Waals surface area contributed by atoms with Crippen LogP contribution < -0.4 is 5.73 Å². The highest BCUT2D eigenvalue weighted by molar-refractivity contribution is 5.67. The summed E-state index contributed by atoms with van der Waals surface area (Å²) in [6.07, 6.45) is 2.80. The number of nitrogens with zero attached hydrogens (tertiary/aromatic N) is 2. The highest BCUT2D eigenvalue weighted by Crippen LogP contribution is 2.26. The van der Waals surface area contributed by atoms with Gasteiger partial charge in [-0.3, -0.25) is 0 Å². The maximum Gasteiger partial charge on any atom is 0.137 e. The number of aryl methyl sites for hydroxylation is 2. The van der Waals surface area contributed by atoms with E-state index in [4.69, 9.17) is 10.7 Å². The number of hydrogen-bond donors (Lipinski definition) is 1. The number of benzene rings is 1. The van der Waals surface area contributed by atoms with Crippen molar-refractivity contribution in [3.63, 3.8) is 0 Å². The number of halogens is 1. The van der Waals surface area contributed by atoms with Gasteiger partial charge in [-0.1, -0.05) is 6.07 Å². The van der Waals surface area contributed by atoms with Gasteiger partial charge in [0.15, 0.2) is 0 Å². The molecule has 0 aliphatic carbocycles. The molecule has 0 bridgehead atoms. The number of imidazole rings is 1. The van der Waals surface area contributed by atoms with Crippen molar-refractivity contribution in [2.45, 2.75) is 20.3 Å². The van der Waals surface area contributed by atoms with Gasteiger partial charge in [0, 0.05) is 18.2 Å². The van der Waals surface area contributed by atoms with Crippen LogP contribution in [0.4, 0.5) is 4.39 Å². The molecule has 0 fully saturated rings. The van der Waals surface area contributed by atoms with Crippen molar-refractivity contribution in [2.24, 2.45) is 5.73 Å². The van der Waals surface area contributed by atoms with Gasteiger partial charge < -0.3 is 10.1 Å². The lowest BCUT2D eigenvalue weighted by Gasteiger charge is -2.06. The van der Waals surface area contributed by atoms with Crippen LogP contribution in [-0.4, -0.2) is 15.9 Å². The zero-order valence-electron chi connectivity index (χ0n) is 12.2. The molecule has 0 saturated carbocycles. The minimum Gasteiger partial charge on any atom is -0.330 e. The molecule has 0 radical (unpaired) electrons. The van der Waals surface area contributed by atoms with Crippen LogP contribution in [0.2, 0.25) is 0 Å². The molecule has 3 nitrogen and oxygen atoms in total. The molecular formula is C17H18FN3. The first-order valence-corrected chi connectivity index (χ1v) is 7.04. The molecule has 0 aliphatic heterocycles. The second kappa shape index (κ2) is 5.30. The van der Waals surface area contributed by atoms with Gasteiger partial charge in [-0.15, -0.1) is 0 Å². The Morgan fingerprint density at radius 3 is 2.71 bits per heavy atom. The summed E-state index contributed by atoms with van der Waals surface area (Å²) >= 11 is 0. The van der Waals surface area contributed by atoms with E-state index in [1.165, 1.54) is 11.6 Å². The van der Waals surface area contributed by atoms with E-state index < -0.39 is 0 Å². The Bertz CT molecular complexity index is 805. The summed E-state index contributed by atoms with van der Waals surface area (Å²) in [5.74, 6) is -0.196. The first-order chi connectivity index (χ1) is 10.1.